The Morgan fingerprint density at radius 2 is 2.36 bits per heavy atom. The van der Waals surface area contributed by atoms with Gasteiger partial charge in [0.2, 0.25) is 0 Å². The van der Waals surface area contributed by atoms with Gasteiger partial charge in [-0.2, -0.15) is 0 Å². The average molecular weight is 166 g/mol. The molecule has 0 spiro atoms. The third-order valence-corrected chi connectivity index (χ3v) is 2.24. The molecule has 0 bridgehead atoms. The van der Waals surface area contributed by atoms with Crippen molar-refractivity contribution in [3.05, 3.63) is 29.8 Å². The van der Waals surface area contributed by atoms with Gasteiger partial charge in [0.05, 0.1) is 11.1 Å². The Bertz CT molecular complexity index is 339. The normalized spacial score (nSPS) is 10.2. The molecule has 4 heteroatoms. The highest BCUT2D eigenvalue weighted by molar-refractivity contribution is 7.13. The first-order valence-electron chi connectivity index (χ1n) is 3.15. The maximum Gasteiger partial charge on any atom is 0.106 e. The van der Waals surface area contributed by atoms with E-state index >= 15 is 0 Å². The summed E-state index contributed by atoms with van der Waals surface area (Å²) >= 11 is 1.60. The predicted octanol–water partition coefficient (Wildman–Crippen LogP) is 1.85. The Morgan fingerprint density at radius 1 is 1.45 bits per heavy atom. The molecule has 2 heterocycles. The van der Waals surface area contributed by atoms with E-state index in [0.717, 1.165) is 15.4 Å². The van der Waals surface area contributed by atoms with Gasteiger partial charge >= 0.3 is 0 Å². The van der Waals surface area contributed by atoms with Gasteiger partial charge < -0.3 is 5.21 Å². The third kappa shape index (κ3) is 1.12. The molecule has 56 valence electrons. The first-order valence-corrected chi connectivity index (χ1v) is 4.03. The summed E-state index contributed by atoms with van der Waals surface area (Å²) in [5, 5.41) is 14.7. The molecule has 3 nitrogen and oxygen atoms in total. The zero-order valence-electron chi connectivity index (χ0n) is 5.64. The van der Waals surface area contributed by atoms with Gasteiger partial charge in [0, 0.05) is 0 Å². The Kier molecular flexibility index (Phi) is 1.40. The standard InChI is InChI=1S/C7H6N2OS/c10-9-4-3-6(8-9)7-2-1-5-11-7/h1-5,10H. The molecule has 0 atom stereocenters. The van der Waals surface area contributed by atoms with Gasteiger partial charge in [0.15, 0.2) is 0 Å². The first-order chi connectivity index (χ1) is 5.36. The molecule has 0 unspecified atom stereocenters. The van der Waals surface area contributed by atoms with Crippen LogP contribution < -0.4 is 0 Å². The molecular formula is C7H6N2OS. The van der Waals surface area contributed by atoms with Crippen LogP contribution in [-0.4, -0.2) is 15.2 Å². The summed E-state index contributed by atoms with van der Waals surface area (Å²) in [4.78, 5) is 1.88. The molecule has 2 aromatic heterocycles. The quantitative estimate of drug-likeness (QED) is 0.656. The Hall–Kier alpha value is -1.29. The van der Waals surface area contributed by atoms with E-state index in [4.69, 9.17) is 5.21 Å². The van der Waals surface area contributed by atoms with Crippen molar-refractivity contribution in [1.29, 1.82) is 0 Å². The van der Waals surface area contributed by atoms with Crippen LogP contribution in [0.4, 0.5) is 0 Å². The smallest absolute Gasteiger partial charge is 0.106 e. The van der Waals surface area contributed by atoms with Crippen molar-refractivity contribution >= 4 is 11.3 Å². The SMILES string of the molecule is On1ccc(-c2cccs2)n1. The van der Waals surface area contributed by atoms with Gasteiger partial charge in [-0.05, 0) is 17.5 Å². The molecule has 0 aliphatic rings. The van der Waals surface area contributed by atoms with E-state index in [0.29, 0.717) is 0 Å². The summed E-state index contributed by atoms with van der Waals surface area (Å²) in [7, 11) is 0. The number of thiophene rings is 1. The second-order valence-electron chi connectivity index (χ2n) is 2.10. The Labute approximate surface area is 67.5 Å². The summed E-state index contributed by atoms with van der Waals surface area (Å²) in [5.74, 6) is 0. The van der Waals surface area contributed by atoms with Crippen LogP contribution in [0.15, 0.2) is 29.8 Å². The fraction of sp³-hybridized carbons (Fsp3) is 0. The molecular weight excluding hydrogens is 160 g/mol. The second kappa shape index (κ2) is 2.39. The van der Waals surface area contributed by atoms with Crippen LogP contribution in [0.3, 0.4) is 0 Å². The molecule has 0 saturated carbocycles. The number of rotatable bonds is 1. The zero-order valence-corrected chi connectivity index (χ0v) is 6.45. The third-order valence-electron chi connectivity index (χ3n) is 1.35. The van der Waals surface area contributed by atoms with Crippen LogP contribution >= 0.6 is 11.3 Å². The van der Waals surface area contributed by atoms with E-state index in [1.807, 2.05) is 17.5 Å². The van der Waals surface area contributed by atoms with Crippen molar-refractivity contribution in [3.8, 4) is 10.6 Å². The molecule has 0 aliphatic carbocycles. The van der Waals surface area contributed by atoms with Gasteiger partial charge in [-0.25, -0.2) is 0 Å². The summed E-state index contributed by atoms with van der Waals surface area (Å²) in [6.07, 6.45) is 1.51. The molecule has 0 fully saturated rings. The van der Waals surface area contributed by atoms with Crippen molar-refractivity contribution in [1.82, 2.24) is 9.94 Å². The lowest BCUT2D eigenvalue weighted by Gasteiger charge is -1.86. The monoisotopic (exact) mass is 166 g/mol. The van der Waals surface area contributed by atoms with E-state index in [1.165, 1.54) is 6.20 Å². The van der Waals surface area contributed by atoms with Gasteiger partial charge in [-0.3, -0.25) is 0 Å². The average Bonchev–Trinajstić information content (AvgIpc) is 2.55. The van der Waals surface area contributed by atoms with Gasteiger partial charge in [0.25, 0.3) is 0 Å². The molecule has 0 saturated heterocycles. The van der Waals surface area contributed by atoms with Crippen LogP contribution in [0.5, 0.6) is 0 Å². The molecule has 11 heavy (non-hydrogen) atoms. The lowest BCUT2D eigenvalue weighted by atomic mass is 10.4. The number of hydrogen-bond acceptors (Lipinski definition) is 3. The molecule has 2 aromatic rings. The van der Waals surface area contributed by atoms with Crippen molar-refractivity contribution in [2.45, 2.75) is 0 Å². The van der Waals surface area contributed by atoms with Crippen molar-refractivity contribution < 1.29 is 5.21 Å². The van der Waals surface area contributed by atoms with Crippen molar-refractivity contribution in [3.63, 3.8) is 0 Å². The minimum Gasteiger partial charge on any atom is -0.412 e. The lowest BCUT2D eigenvalue weighted by Crippen LogP contribution is -1.88. The summed E-state index contributed by atoms with van der Waals surface area (Å²) in [6.45, 7) is 0. The van der Waals surface area contributed by atoms with Gasteiger partial charge in [-0.15, -0.1) is 21.3 Å². The van der Waals surface area contributed by atoms with Crippen LogP contribution in [0.25, 0.3) is 10.6 Å². The molecule has 0 aliphatic heterocycles. The zero-order chi connectivity index (χ0) is 7.68. The van der Waals surface area contributed by atoms with E-state index in [-0.39, 0.29) is 0 Å². The minimum absolute atomic E-state index is 0.808. The highest BCUT2D eigenvalue weighted by Gasteiger charge is 2.00. The van der Waals surface area contributed by atoms with Gasteiger partial charge in [0.1, 0.15) is 5.69 Å². The Morgan fingerprint density at radius 3 is 2.91 bits per heavy atom. The van der Waals surface area contributed by atoms with Crippen LogP contribution in [0.2, 0.25) is 0 Å². The van der Waals surface area contributed by atoms with Crippen molar-refractivity contribution in [2.75, 3.05) is 0 Å². The molecule has 0 aromatic carbocycles. The van der Waals surface area contributed by atoms with E-state index < -0.39 is 0 Å². The Balaban J connectivity index is 2.45. The highest BCUT2D eigenvalue weighted by Crippen LogP contribution is 2.21. The van der Waals surface area contributed by atoms with Crippen molar-refractivity contribution in [2.24, 2.45) is 0 Å². The highest BCUT2D eigenvalue weighted by atomic mass is 32.1. The lowest BCUT2D eigenvalue weighted by molar-refractivity contribution is 0.149. The predicted molar refractivity (Wildman–Crippen MR) is 42.7 cm³/mol. The maximum atomic E-state index is 8.86. The van der Waals surface area contributed by atoms with E-state index in [9.17, 15) is 0 Å². The number of hydrogen-bond donors (Lipinski definition) is 1. The van der Waals surface area contributed by atoms with Crippen LogP contribution in [0, 0.1) is 0 Å². The largest absolute Gasteiger partial charge is 0.412 e. The second-order valence-corrected chi connectivity index (χ2v) is 3.05. The molecule has 1 N–H and O–H groups in total. The fourth-order valence-electron chi connectivity index (χ4n) is 0.870. The van der Waals surface area contributed by atoms with Gasteiger partial charge in [-0.1, -0.05) is 6.07 Å². The van der Waals surface area contributed by atoms with Crippen LogP contribution in [0.1, 0.15) is 0 Å². The summed E-state index contributed by atoms with van der Waals surface area (Å²) < 4.78 is 0. The van der Waals surface area contributed by atoms with E-state index in [1.54, 1.807) is 17.4 Å². The molecule has 0 amide bonds. The van der Waals surface area contributed by atoms with E-state index in [2.05, 4.69) is 5.10 Å². The summed E-state index contributed by atoms with van der Waals surface area (Å²) in [6, 6.07) is 5.69. The summed E-state index contributed by atoms with van der Waals surface area (Å²) in [5.41, 5.74) is 0.808. The maximum absolute atomic E-state index is 8.86. The fourth-order valence-corrected chi connectivity index (χ4v) is 1.56. The number of aromatic nitrogens is 2. The van der Waals surface area contributed by atoms with Crippen LogP contribution in [-0.2, 0) is 0 Å². The number of nitrogens with zero attached hydrogens (tertiary/aromatic N) is 2. The minimum atomic E-state index is 0.808. The molecule has 2 rings (SSSR count). The first kappa shape index (κ1) is 6.42. The molecule has 0 radical (unpaired) electrons. The topological polar surface area (TPSA) is 38.0 Å².